The second-order valence-corrected chi connectivity index (χ2v) is 4.76. The number of hydrogen-bond acceptors (Lipinski definition) is 3. The molecule has 1 rings (SSSR count). The summed E-state index contributed by atoms with van der Waals surface area (Å²) in [7, 11) is 0. The summed E-state index contributed by atoms with van der Waals surface area (Å²) in [5.41, 5.74) is -2.21. The standard InChI is InChI=1S/C16H14F4N2O2/c1-4-5-24-14-8-13(12(17)6-9(14)2)22-15(23)7-11(10(3)21)16(18,19)20/h1,6-8,21H,5H2,2-3H3,(H,22,23)/b11-7+,21-10?. The van der Waals surface area contributed by atoms with E-state index in [0.717, 1.165) is 19.1 Å². The highest BCUT2D eigenvalue weighted by atomic mass is 19.4. The van der Waals surface area contributed by atoms with Gasteiger partial charge in [0.15, 0.2) is 0 Å². The van der Waals surface area contributed by atoms with Crippen molar-refractivity contribution in [3.8, 4) is 18.1 Å². The third-order valence-electron chi connectivity index (χ3n) is 2.82. The predicted molar refractivity (Wildman–Crippen MR) is 81.6 cm³/mol. The Hall–Kier alpha value is -2.82. The first-order valence-electron chi connectivity index (χ1n) is 6.58. The number of benzene rings is 1. The number of carbonyl (C=O) groups excluding carboxylic acids is 1. The molecule has 4 nitrogen and oxygen atoms in total. The van der Waals surface area contributed by atoms with Crippen LogP contribution in [0.2, 0.25) is 0 Å². The molecule has 0 aliphatic carbocycles. The molecule has 128 valence electrons. The second kappa shape index (κ2) is 7.64. The Bertz CT molecular complexity index is 731. The molecule has 24 heavy (non-hydrogen) atoms. The second-order valence-electron chi connectivity index (χ2n) is 4.76. The average Bonchev–Trinajstić information content (AvgIpc) is 2.45. The lowest BCUT2D eigenvalue weighted by Crippen LogP contribution is -2.21. The monoisotopic (exact) mass is 342 g/mol. The number of nitrogens with one attached hydrogen (secondary N) is 2. The lowest BCUT2D eigenvalue weighted by molar-refractivity contribution is -0.113. The molecule has 0 aliphatic heterocycles. The molecular weight excluding hydrogens is 328 g/mol. The van der Waals surface area contributed by atoms with Gasteiger partial charge in [-0.3, -0.25) is 4.79 Å². The maximum Gasteiger partial charge on any atom is 0.418 e. The van der Waals surface area contributed by atoms with E-state index in [1.807, 2.05) is 5.32 Å². The quantitative estimate of drug-likeness (QED) is 0.372. The molecule has 0 fully saturated rings. The van der Waals surface area contributed by atoms with E-state index in [2.05, 4.69) is 5.92 Å². The topological polar surface area (TPSA) is 62.2 Å². The lowest BCUT2D eigenvalue weighted by Gasteiger charge is -2.12. The van der Waals surface area contributed by atoms with Crippen LogP contribution in [0.15, 0.2) is 23.8 Å². The van der Waals surface area contributed by atoms with E-state index in [1.165, 1.54) is 0 Å². The van der Waals surface area contributed by atoms with E-state index in [1.54, 1.807) is 6.92 Å². The van der Waals surface area contributed by atoms with Gasteiger partial charge in [-0.25, -0.2) is 4.39 Å². The molecule has 0 atom stereocenters. The Morgan fingerprint density at radius 1 is 1.46 bits per heavy atom. The van der Waals surface area contributed by atoms with Gasteiger partial charge in [0.2, 0.25) is 5.91 Å². The number of hydrogen-bond donors (Lipinski definition) is 2. The summed E-state index contributed by atoms with van der Waals surface area (Å²) in [5.74, 6) is 0.332. The summed E-state index contributed by atoms with van der Waals surface area (Å²) in [4.78, 5) is 11.7. The number of anilines is 1. The summed E-state index contributed by atoms with van der Waals surface area (Å²) in [6, 6.07) is 2.18. The number of halogens is 4. The summed E-state index contributed by atoms with van der Waals surface area (Å²) < 4.78 is 57.1. The zero-order valence-corrected chi connectivity index (χ0v) is 12.8. The zero-order chi connectivity index (χ0) is 18.5. The fourth-order valence-corrected chi connectivity index (χ4v) is 1.73. The van der Waals surface area contributed by atoms with Crippen LogP contribution in [0.5, 0.6) is 5.75 Å². The Labute approximate surface area is 136 Å². The molecule has 8 heteroatoms. The number of terminal acetylenes is 1. The van der Waals surface area contributed by atoms with Crippen molar-refractivity contribution in [1.82, 2.24) is 0 Å². The van der Waals surface area contributed by atoms with Crippen LogP contribution in [0.3, 0.4) is 0 Å². The first-order valence-corrected chi connectivity index (χ1v) is 6.58. The van der Waals surface area contributed by atoms with Gasteiger partial charge in [-0.05, 0) is 25.5 Å². The summed E-state index contributed by atoms with van der Waals surface area (Å²) in [6.07, 6.45) is 0.379. The normalized spacial score (nSPS) is 11.6. The SMILES string of the molecule is C#CCOc1cc(NC(=O)/C=C(\C(C)=N)C(F)(F)F)c(F)cc1C. The van der Waals surface area contributed by atoms with Crippen LogP contribution in [-0.2, 0) is 4.79 Å². The van der Waals surface area contributed by atoms with Gasteiger partial charge >= 0.3 is 6.18 Å². The molecule has 0 heterocycles. The average molecular weight is 342 g/mol. The number of rotatable bonds is 5. The van der Waals surface area contributed by atoms with Gasteiger partial charge in [-0.2, -0.15) is 13.2 Å². The highest BCUT2D eigenvalue weighted by Gasteiger charge is 2.35. The maximum absolute atomic E-state index is 13.8. The van der Waals surface area contributed by atoms with E-state index in [-0.39, 0.29) is 24.1 Å². The predicted octanol–water partition coefficient (Wildman–Crippen LogP) is 3.61. The van der Waals surface area contributed by atoms with Gasteiger partial charge in [0, 0.05) is 17.9 Å². The third kappa shape index (κ3) is 5.12. The van der Waals surface area contributed by atoms with Crippen LogP contribution < -0.4 is 10.1 Å². The minimum atomic E-state index is -4.87. The molecule has 0 bridgehead atoms. The van der Waals surface area contributed by atoms with Gasteiger partial charge in [0.25, 0.3) is 0 Å². The first-order chi connectivity index (χ1) is 11.1. The van der Waals surface area contributed by atoms with Gasteiger partial charge in [0.05, 0.1) is 11.3 Å². The lowest BCUT2D eigenvalue weighted by atomic mass is 10.1. The Balaban J connectivity index is 3.10. The summed E-state index contributed by atoms with van der Waals surface area (Å²) in [5, 5.41) is 9.07. The van der Waals surface area contributed by atoms with E-state index in [4.69, 9.17) is 16.6 Å². The number of aryl methyl sites for hydroxylation is 1. The van der Waals surface area contributed by atoms with E-state index in [0.29, 0.717) is 5.56 Å². The van der Waals surface area contributed by atoms with Crippen molar-refractivity contribution in [2.75, 3.05) is 11.9 Å². The van der Waals surface area contributed by atoms with Crippen molar-refractivity contribution in [3.63, 3.8) is 0 Å². The van der Waals surface area contributed by atoms with Gasteiger partial charge in [0.1, 0.15) is 18.2 Å². The summed E-state index contributed by atoms with van der Waals surface area (Å²) in [6.45, 7) is 2.34. The van der Waals surface area contributed by atoms with Crippen LogP contribution in [0.25, 0.3) is 0 Å². The van der Waals surface area contributed by atoms with Crippen molar-refractivity contribution in [1.29, 1.82) is 5.41 Å². The molecule has 0 unspecified atom stereocenters. The van der Waals surface area contributed by atoms with Gasteiger partial charge < -0.3 is 15.5 Å². The number of carbonyl (C=O) groups is 1. The zero-order valence-electron chi connectivity index (χ0n) is 12.8. The highest BCUT2D eigenvalue weighted by molar-refractivity contribution is 6.07. The van der Waals surface area contributed by atoms with Crippen molar-refractivity contribution < 1.29 is 27.1 Å². The van der Waals surface area contributed by atoms with Gasteiger partial charge in [-0.15, -0.1) is 6.42 Å². The molecular formula is C16H14F4N2O2. The molecule has 1 amide bonds. The highest BCUT2D eigenvalue weighted by Crippen LogP contribution is 2.28. The third-order valence-corrected chi connectivity index (χ3v) is 2.82. The molecule has 2 N–H and O–H groups in total. The fraction of sp³-hybridized carbons (Fsp3) is 0.250. The minimum Gasteiger partial charge on any atom is -0.481 e. The van der Waals surface area contributed by atoms with E-state index >= 15 is 0 Å². The minimum absolute atomic E-state index is 0.0923. The van der Waals surface area contributed by atoms with Crippen molar-refractivity contribution in [2.45, 2.75) is 20.0 Å². The molecule has 0 aliphatic rings. The van der Waals surface area contributed by atoms with E-state index < -0.39 is 29.2 Å². The molecule has 1 aromatic rings. The Morgan fingerprint density at radius 2 is 2.08 bits per heavy atom. The first kappa shape index (κ1) is 19.2. The maximum atomic E-state index is 13.8. The number of alkyl halides is 3. The fourth-order valence-electron chi connectivity index (χ4n) is 1.73. The smallest absolute Gasteiger partial charge is 0.418 e. The molecule has 0 radical (unpaired) electrons. The van der Waals surface area contributed by atoms with Gasteiger partial charge in [-0.1, -0.05) is 5.92 Å². The summed E-state index contributed by atoms with van der Waals surface area (Å²) >= 11 is 0. The van der Waals surface area contributed by atoms with Crippen LogP contribution in [0.4, 0.5) is 23.2 Å². The van der Waals surface area contributed by atoms with Crippen LogP contribution in [0, 0.1) is 30.5 Å². The number of allylic oxidation sites excluding steroid dienone is 1. The molecule has 0 spiro atoms. The molecule has 0 saturated heterocycles. The molecule has 1 aromatic carbocycles. The Kier molecular flexibility index (Phi) is 6.12. The van der Waals surface area contributed by atoms with Crippen molar-refractivity contribution in [2.24, 2.45) is 0 Å². The van der Waals surface area contributed by atoms with Crippen molar-refractivity contribution >= 4 is 17.3 Å². The van der Waals surface area contributed by atoms with Crippen LogP contribution in [0.1, 0.15) is 12.5 Å². The number of ether oxygens (including phenoxy) is 1. The number of amides is 1. The van der Waals surface area contributed by atoms with Crippen molar-refractivity contribution in [3.05, 3.63) is 35.2 Å². The Morgan fingerprint density at radius 3 is 2.58 bits per heavy atom. The van der Waals surface area contributed by atoms with Crippen LogP contribution >= 0.6 is 0 Å². The largest absolute Gasteiger partial charge is 0.481 e. The van der Waals surface area contributed by atoms with E-state index in [9.17, 15) is 22.4 Å². The van der Waals surface area contributed by atoms with Crippen LogP contribution in [-0.4, -0.2) is 24.4 Å². The molecule has 0 aromatic heterocycles. The molecule has 0 saturated carbocycles.